The fourth-order valence-corrected chi connectivity index (χ4v) is 3.06. The normalized spacial score (nSPS) is 10.5. The van der Waals surface area contributed by atoms with E-state index in [0.717, 1.165) is 11.3 Å². The number of Topliss-reactive ketones (excluding diaryl/α,β-unsaturated/α-hetero) is 1. The van der Waals surface area contributed by atoms with Crippen LogP contribution in [0.15, 0.2) is 48.7 Å². The summed E-state index contributed by atoms with van der Waals surface area (Å²) in [4.78, 5) is 12.5. The van der Waals surface area contributed by atoms with Gasteiger partial charge in [-0.05, 0) is 30.3 Å². The van der Waals surface area contributed by atoms with Crippen molar-refractivity contribution >= 4 is 46.5 Å². The van der Waals surface area contributed by atoms with Gasteiger partial charge in [0.1, 0.15) is 18.4 Å². The van der Waals surface area contributed by atoms with E-state index in [0.29, 0.717) is 26.6 Å². The first-order chi connectivity index (χ1) is 11.9. The molecule has 0 aliphatic carbocycles. The van der Waals surface area contributed by atoms with Crippen LogP contribution in [0.4, 0.5) is 5.95 Å². The lowest BCUT2D eigenvalue weighted by atomic mass is 10.1. The van der Waals surface area contributed by atoms with Gasteiger partial charge in [0.2, 0.25) is 0 Å². The lowest BCUT2D eigenvalue weighted by Crippen LogP contribution is -3.00. The summed E-state index contributed by atoms with van der Waals surface area (Å²) in [5, 5.41) is 1.39. The van der Waals surface area contributed by atoms with Crippen molar-refractivity contribution in [3.8, 4) is 11.3 Å². The van der Waals surface area contributed by atoms with E-state index in [4.69, 9.17) is 40.5 Å². The highest BCUT2D eigenvalue weighted by atomic mass is 79.9. The highest BCUT2D eigenvalue weighted by Gasteiger charge is 2.20. The van der Waals surface area contributed by atoms with Gasteiger partial charge in [-0.2, -0.15) is 0 Å². The Hall–Kier alpha value is -1.53. The molecule has 3 rings (SSSR count). The average molecular weight is 476 g/mol. The molecule has 0 aliphatic rings. The topological polar surface area (TPSA) is 51.9 Å². The van der Waals surface area contributed by atoms with Crippen LogP contribution < -0.4 is 27.3 Å². The van der Waals surface area contributed by atoms with Gasteiger partial charge in [0.05, 0.1) is 17.1 Å². The number of aromatic nitrogens is 2. The molecule has 26 heavy (non-hydrogen) atoms. The van der Waals surface area contributed by atoms with Gasteiger partial charge in [-0.25, -0.2) is 9.13 Å². The molecule has 0 bridgehead atoms. The number of hydrogen-bond donors (Lipinski definition) is 1. The highest BCUT2D eigenvalue weighted by molar-refractivity contribution is 6.42. The van der Waals surface area contributed by atoms with Crippen molar-refractivity contribution in [2.45, 2.75) is 6.54 Å². The molecule has 0 saturated carbocycles. The number of rotatable bonds is 4. The maximum Gasteiger partial charge on any atom is 0.355 e. The summed E-state index contributed by atoms with van der Waals surface area (Å²) in [6.45, 7) is 0.0954. The summed E-state index contributed by atoms with van der Waals surface area (Å²) in [6, 6.07) is 12.3. The standard InChI is InChI=1S/C18H14Cl3N3O.BrH/c1-23-16(11-3-2-4-13(19)7-11)9-24(18(23)22)10-17(25)12-5-6-14(20)15(21)8-12;/h2-9,22H,10H2,1H3;1H. The number of halogens is 4. The fourth-order valence-electron chi connectivity index (χ4n) is 2.57. The molecule has 2 aromatic carbocycles. The molecular weight excluding hydrogens is 460 g/mol. The highest BCUT2D eigenvalue weighted by Crippen LogP contribution is 2.24. The van der Waals surface area contributed by atoms with Gasteiger partial charge >= 0.3 is 5.95 Å². The molecular formula is C18H15BrCl3N3O. The predicted octanol–water partition coefficient (Wildman–Crippen LogP) is 1.41. The lowest BCUT2D eigenvalue weighted by molar-refractivity contribution is -0.667. The summed E-state index contributed by atoms with van der Waals surface area (Å²) in [7, 11) is 1.84. The minimum atomic E-state index is -0.112. The molecule has 0 unspecified atom stereocenters. The van der Waals surface area contributed by atoms with Crippen molar-refractivity contribution in [3.05, 3.63) is 69.3 Å². The average Bonchev–Trinajstić information content (AvgIpc) is 2.86. The van der Waals surface area contributed by atoms with E-state index in [1.165, 1.54) is 0 Å². The Morgan fingerprint density at radius 3 is 2.50 bits per heavy atom. The van der Waals surface area contributed by atoms with E-state index in [9.17, 15) is 4.79 Å². The number of nitrogen functional groups attached to an aromatic ring is 1. The third-order valence-electron chi connectivity index (χ3n) is 3.95. The first-order valence-corrected chi connectivity index (χ1v) is 8.59. The van der Waals surface area contributed by atoms with Gasteiger partial charge in [0, 0.05) is 16.1 Å². The number of nitrogens with two attached hydrogens (primary N) is 1. The van der Waals surface area contributed by atoms with Crippen molar-refractivity contribution in [3.63, 3.8) is 0 Å². The minimum absolute atomic E-state index is 0. The van der Waals surface area contributed by atoms with E-state index < -0.39 is 0 Å². The van der Waals surface area contributed by atoms with Crippen LogP contribution in [0.1, 0.15) is 10.4 Å². The van der Waals surface area contributed by atoms with E-state index in [-0.39, 0.29) is 29.3 Å². The first kappa shape index (κ1) is 20.8. The smallest absolute Gasteiger partial charge is 0.355 e. The van der Waals surface area contributed by atoms with Crippen LogP contribution in [0.25, 0.3) is 11.3 Å². The SMILES string of the molecule is Cn1c(-c2cccc(Cl)c2)c[n+](CC(=O)c2ccc(Cl)c(Cl)c2)c1N.[Br-]. The Kier molecular flexibility index (Phi) is 6.74. The molecule has 0 spiro atoms. The van der Waals surface area contributed by atoms with Crippen LogP contribution in [-0.2, 0) is 13.6 Å². The number of ketones is 1. The number of imidazole rings is 1. The number of hydrogen-bond acceptors (Lipinski definition) is 2. The Morgan fingerprint density at radius 2 is 1.85 bits per heavy atom. The fraction of sp³-hybridized carbons (Fsp3) is 0.111. The molecule has 2 N–H and O–H groups in total. The zero-order valence-electron chi connectivity index (χ0n) is 13.7. The Balaban J connectivity index is 0.00000243. The number of nitrogens with zero attached hydrogens (tertiary/aromatic N) is 2. The third kappa shape index (κ3) is 4.23. The molecule has 8 heteroatoms. The zero-order chi connectivity index (χ0) is 18.1. The van der Waals surface area contributed by atoms with Crippen molar-refractivity contribution in [1.82, 2.24) is 4.57 Å². The molecule has 1 heterocycles. The molecule has 0 amide bonds. The van der Waals surface area contributed by atoms with Crippen molar-refractivity contribution in [2.75, 3.05) is 5.73 Å². The van der Waals surface area contributed by atoms with Crippen molar-refractivity contribution < 1.29 is 26.3 Å². The monoisotopic (exact) mass is 473 g/mol. The molecule has 1 aromatic heterocycles. The third-order valence-corrected chi connectivity index (χ3v) is 4.93. The summed E-state index contributed by atoms with van der Waals surface area (Å²) in [6.07, 6.45) is 1.83. The van der Waals surface area contributed by atoms with Gasteiger partial charge < -0.3 is 17.0 Å². The van der Waals surface area contributed by atoms with Crippen LogP contribution >= 0.6 is 34.8 Å². The largest absolute Gasteiger partial charge is 1.00 e. The summed E-state index contributed by atoms with van der Waals surface area (Å²) < 4.78 is 3.51. The maximum atomic E-state index is 12.5. The number of carbonyl (C=O) groups is 1. The van der Waals surface area contributed by atoms with E-state index in [2.05, 4.69) is 0 Å². The van der Waals surface area contributed by atoms with Crippen LogP contribution in [0, 0.1) is 0 Å². The zero-order valence-corrected chi connectivity index (χ0v) is 17.6. The number of benzene rings is 2. The molecule has 136 valence electrons. The molecule has 0 fully saturated rings. The maximum absolute atomic E-state index is 12.5. The van der Waals surface area contributed by atoms with Gasteiger partial charge in [0.15, 0.2) is 5.78 Å². The molecule has 0 atom stereocenters. The molecule has 0 saturated heterocycles. The van der Waals surface area contributed by atoms with Gasteiger partial charge in [0.25, 0.3) is 0 Å². The minimum Gasteiger partial charge on any atom is -1.00 e. The van der Waals surface area contributed by atoms with Crippen LogP contribution in [-0.4, -0.2) is 10.4 Å². The second kappa shape index (κ2) is 8.44. The Bertz CT molecular complexity index is 972. The van der Waals surface area contributed by atoms with Gasteiger partial charge in [-0.3, -0.25) is 10.5 Å². The first-order valence-electron chi connectivity index (χ1n) is 7.45. The second-order valence-electron chi connectivity index (χ2n) is 5.62. The quantitative estimate of drug-likeness (QED) is 0.458. The van der Waals surface area contributed by atoms with E-state index in [1.807, 2.05) is 36.0 Å². The summed E-state index contributed by atoms with van der Waals surface area (Å²) in [5.41, 5.74) is 8.42. The van der Waals surface area contributed by atoms with E-state index >= 15 is 0 Å². The second-order valence-corrected chi connectivity index (χ2v) is 6.87. The van der Waals surface area contributed by atoms with Gasteiger partial charge in [-0.15, -0.1) is 0 Å². The van der Waals surface area contributed by atoms with Crippen molar-refractivity contribution in [2.24, 2.45) is 7.05 Å². The molecule has 0 radical (unpaired) electrons. The predicted molar refractivity (Wildman–Crippen MR) is 101 cm³/mol. The Morgan fingerprint density at radius 1 is 1.12 bits per heavy atom. The summed E-state index contributed by atoms with van der Waals surface area (Å²) in [5.74, 6) is 0.349. The van der Waals surface area contributed by atoms with Crippen LogP contribution in [0.2, 0.25) is 15.1 Å². The summed E-state index contributed by atoms with van der Waals surface area (Å²) >= 11 is 17.9. The van der Waals surface area contributed by atoms with Crippen LogP contribution in [0.3, 0.4) is 0 Å². The molecule has 0 aliphatic heterocycles. The van der Waals surface area contributed by atoms with Crippen LogP contribution in [0.5, 0.6) is 0 Å². The molecule has 4 nitrogen and oxygen atoms in total. The van der Waals surface area contributed by atoms with Crippen molar-refractivity contribution in [1.29, 1.82) is 0 Å². The Labute approximate surface area is 176 Å². The lowest BCUT2D eigenvalue weighted by Gasteiger charge is -2.02. The van der Waals surface area contributed by atoms with Gasteiger partial charge in [-0.1, -0.05) is 46.9 Å². The van der Waals surface area contributed by atoms with E-state index in [1.54, 1.807) is 28.8 Å². The number of anilines is 1. The number of carbonyl (C=O) groups excluding carboxylic acids is 1. The molecule has 3 aromatic rings.